The van der Waals surface area contributed by atoms with Gasteiger partial charge in [-0.3, -0.25) is 0 Å². The molecule has 0 spiro atoms. The Morgan fingerprint density at radius 1 is 1.11 bits per heavy atom. The lowest BCUT2D eigenvalue weighted by atomic mass is 9.78. The summed E-state index contributed by atoms with van der Waals surface area (Å²) >= 11 is 0. The highest BCUT2D eigenvalue weighted by Gasteiger charge is 2.34. The van der Waals surface area contributed by atoms with Crippen molar-refractivity contribution in [3.05, 3.63) is 0 Å². The molecule has 0 aromatic heterocycles. The molecule has 2 atom stereocenters. The van der Waals surface area contributed by atoms with E-state index in [1.165, 1.54) is 64.5 Å². The average molecular weight is 252 g/mol. The summed E-state index contributed by atoms with van der Waals surface area (Å²) in [7, 11) is 0. The van der Waals surface area contributed by atoms with Gasteiger partial charge in [-0.05, 0) is 57.0 Å². The van der Waals surface area contributed by atoms with Crippen LogP contribution in [0.5, 0.6) is 0 Å². The van der Waals surface area contributed by atoms with Gasteiger partial charge in [0.15, 0.2) is 0 Å². The zero-order valence-electron chi connectivity index (χ0n) is 12.5. The molecule has 1 aliphatic heterocycles. The summed E-state index contributed by atoms with van der Waals surface area (Å²) in [6.07, 6.45) is 11.1. The second-order valence-corrected chi connectivity index (χ2v) is 7.07. The molecule has 18 heavy (non-hydrogen) atoms. The molecule has 2 aliphatic rings. The summed E-state index contributed by atoms with van der Waals surface area (Å²) in [6.45, 7) is 8.27. The van der Waals surface area contributed by atoms with Crippen molar-refractivity contribution in [3.8, 4) is 0 Å². The van der Waals surface area contributed by atoms with Gasteiger partial charge in [0.25, 0.3) is 0 Å². The predicted octanol–water partition coefficient (Wildman–Crippen LogP) is 3.41. The molecule has 1 aliphatic carbocycles. The van der Waals surface area contributed by atoms with Crippen LogP contribution in [0.1, 0.15) is 65.2 Å². The van der Waals surface area contributed by atoms with E-state index in [9.17, 15) is 0 Å². The van der Waals surface area contributed by atoms with E-state index in [0.29, 0.717) is 5.41 Å². The normalized spacial score (nSPS) is 34.2. The quantitative estimate of drug-likeness (QED) is 0.780. The van der Waals surface area contributed by atoms with Crippen LogP contribution in [0.15, 0.2) is 0 Å². The minimum Gasteiger partial charge on any atom is -0.330 e. The first-order chi connectivity index (χ1) is 8.65. The fraction of sp³-hybridized carbons (Fsp3) is 1.00. The van der Waals surface area contributed by atoms with Crippen LogP contribution < -0.4 is 5.73 Å². The molecule has 1 heterocycles. The van der Waals surface area contributed by atoms with E-state index in [1.54, 1.807) is 0 Å². The summed E-state index contributed by atoms with van der Waals surface area (Å²) in [6, 6.07) is 0.764. The zero-order valence-corrected chi connectivity index (χ0v) is 12.5. The van der Waals surface area contributed by atoms with Gasteiger partial charge in [-0.2, -0.15) is 0 Å². The highest BCUT2D eigenvalue weighted by molar-refractivity contribution is 4.89. The third-order valence-corrected chi connectivity index (χ3v) is 5.41. The minimum absolute atomic E-state index is 0.436. The highest BCUT2D eigenvalue weighted by Crippen LogP contribution is 2.36. The van der Waals surface area contributed by atoms with E-state index in [0.717, 1.165) is 18.5 Å². The van der Waals surface area contributed by atoms with E-state index < -0.39 is 0 Å². The topological polar surface area (TPSA) is 29.3 Å². The van der Waals surface area contributed by atoms with Crippen molar-refractivity contribution in [2.45, 2.75) is 71.3 Å². The van der Waals surface area contributed by atoms with Gasteiger partial charge in [0.2, 0.25) is 0 Å². The summed E-state index contributed by atoms with van der Waals surface area (Å²) in [5.74, 6) is 0.916. The maximum Gasteiger partial charge on any atom is 0.00697 e. The number of nitrogens with zero attached hydrogens (tertiary/aromatic N) is 1. The fourth-order valence-electron chi connectivity index (χ4n) is 4.03. The van der Waals surface area contributed by atoms with Crippen LogP contribution in [-0.2, 0) is 0 Å². The maximum atomic E-state index is 6.17. The van der Waals surface area contributed by atoms with Gasteiger partial charge in [-0.15, -0.1) is 0 Å². The molecule has 2 unspecified atom stereocenters. The first kappa shape index (κ1) is 14.3. The average Bonchev–Trinajstić information content (AvgIpc) is 2.59. The van der Waals surface area contributed by atoms with E-state index in [1.807, 2.05) is 0 Å². The van der Waals surface area contributed by atoms with Gasteiger partial charge < -0.3 is 10.6 Å². The Balaban J connectivity index is 1.96. The number of piperidine rings is 1. The zero-order chi connectivity index (χ0) is 13.0. The largest absolute Gasteiger partial charge is 0.330 e. The second-order valence-electron chi connectivity index (χ2n) is 7.07. The Hall–Kier alpha value is -0.0800. The molecule has 0 aromatic rings. The molecule has 1 saturated heterocycles. The Morgan fingerprint density at radius 3 is 2.33 bits per heavy atom. The van der Waals surface area contributed by atoms with Crippen molar-refractivity contribution >= 4 is 0 Å². The smallest absolute Gasteiger partial charge is 0.00697 e. The first-order valence-corrected chi connectivity index (χ1v) is 8.09. The van der Waals surface area contributed by atoms with Crippen LogP contribution in [0.4, 0.5) is 0 Å². The van der Waals surface area contributed by atoms with Gasteiger partial charge in [0.1, 0.15) is 0 Å². The van der Waals surface area contributed by atoms with Crippen molar-refractivity contribution in [3.63, 3.8) is 0 Å². The molecule has 0 bridgehead atoms. The van der Waals surface area contributed by atoms with Crippen LogP contribution in [0.2, 0.25) is 0 Å². The van der Waals surface area contributed by atoms with Gasteiger partial charge in [0.05, 0.1) is 0 Å². The van der Waals surface area contributed by atoms with Gasteiger partial charge in [-0.1, -0.05) is 32.6 Å². The van der Waals surface area contributed by atoms with E-state index in [4.69, 9.17) is 5.73 Å². The van der Waals surface area contributed by atoms with Crippen LogP contribution >= 0.6 is 0 Å². The number of likely N-dealkylation sites (tertiary alicyclic amines) is 1. The van der Waals surface area contributed by atoms with Gasteiger partial charge in [-0.25, -0.2) is 0 Å². The van der Waals surface area contributed by atoms with Crippen molar-refractivity contribution in [2.24, 2.45) is 17.1 Å². The highest BCUT2D eigenvalue weighted by atomic mass is 15.2. The standard InChI is InChI=1S/C16H32N2/c1-14-7-10-18(15(2)11-14)13-16(12-17)8-5-3-4-6-9-16/h14-15H,3-13,17H2,1-2H3. The lowest BCUT2D eigenvalue weighted by Gasteiger charge is -2.43. The fourth-order valence-corrected chi connectivity index (χ4v) is 4.03. The van der Waals surface area contributed by atoms with Crippen LogP contribution in [0, 0.1) is 11.3 Å². The Labute approximate surface area is 113 Å². The van der Waals surface area contributed by atoms with E-state index >= 15 is 0 Å². The summed E-state index contributed by atoms with van der Waals surface area (Å²) in [5, 5.41) is 0. The molecule has 2 rings (SSSR count). The monoisotopic (exact) mass is 252 g/mol. The summed E-state index contributed by atoms with van der Waals surface area (Å²) in [4.78, 5) is 2.73. The SMILES string of the molecule is CC1CCN(CC2(CN)CCCCCC2)C(C)C1. The summed E-state index contributed by atoms with van der Waals surface area (Å²) in [5.41, 5.74) is 6.61. The van der Waals surface area contributed by atoms with Crippen molar-refractivity contribution in [2.75, 3.05) is 19.6 Å². The van der Waals surface area contributed by atoms with Crippen molar-refractivity contribution in [1.82, 2.24) is 4.90 Å². The number of nitrogens with two attached hydrogens (primary N) is 1. The number of hydrogen-bond donors (Lipinski definition) is 1. The maximum absolute atomic E-state index is 6.17. The molecule has 0 aromatic carbocycles. The molecule has 1 saturated carbocycles. The molecule has 2 fully saturated rings. The van der Waals surface area contributed by atoms with Gasteiger partial charge in [0, 0.05) is 12.6 Å². The molecule has 106 valence electrons. The Morgan fingerprint density at radius 2 is 1.78 bits per heavy atom. The Bertz CT molecular complexity index is 243. The molecular formula is C16H32N2. The van der Waals surface area contributed by atoms with Crippen LogP contribution in [0.3, 0.4) is 0 Å². The number of rotatable bonds is 3. The van der Waals surface area contributed by atoms with Crippen LogP contribution in [-0.4, -0.2) is 30.6 Å². The van der Waals surface area contributed by atoms with Gasteiger partial charge >= 0.3 is 0 Å². The second kappa shape index (κ2) is 6.38. The lowest BCUT2D eigenvalue weighted by Crippen LogP contribution is -2.48. The Kier molecular flexibility index (Phi) is 5.08. The first-order valence-electron chi connectivity index (χ1n) is 8.09. The summed E-state index contributed by atoms with van der Waals surface area (Å²) < 4.78 is 0. The molecule has 0 radical (unpaired) electrons. The lowest BCUT2D eigenvalue weighted by molar-refractivity contribution is 0.0651. The van der Waals surface area contributed by atoms with Crippen LogP contribution in [0.25, 0.3) is 0 Å². The van der Waals surface area contributed by atoms with Crippen molar-refractivity contribution < 1.29 is 0 Å². The van der Waals surface area contributed by atoms with E-state index in [2.05, 4.69) is 18.7 Å². The molecular weight excluding hydrogens is 220 g/mol. The third-order valence-electron chi connectivity index (χ3n) is 5.41. The predicted molar refractivity (Wildman–Crippen MR) is 78.6 cm³/mol. The molecule has 2 N–H and O–H groups in total. The number of hydrogen-bond acceptors (Lipinski definition) is 2. The third kappa shape index (κ3) is 3.48. The molecule has 2 heteroatoms. The van der Waals surface area contributed by atoms with Crippen molar-refractivity contribution in [1.29, 1.82) is 0 Å². The molecule has 2 nitrogen and oxygen atoms in total. The van der Waals surface area contributed by atoms with E-state index in [-0.39, 0.29) is 0 Å². The minimum atomic E-state index is 0.436. The molecule has 0 amide bonds.